The molecule has 1 fully saturated rings. The van der Waals surface area contributed by atoms with E-state index in [2.05, 4.69) is 30.5 Å². The average molecular weight is 501 g/mol. The van der Waals surface area contributed by atoms with Crippen LogP contribution in [-0.4, -0.2) is 76.4 Å². The molecule has 4 heterocycles. The van der Waals surface area contributed by atoms with Crippen molar-refractivity contribution in [2.75, 3.05) is 12.3 Å². The van der Waals surface area contributed by atoms with E-state index in [-0.39, 0.29) is 22.8 Å². The maximum atomic E-state index is 11.4. The number of halogens is 1. The second-order valence-electron chi connectivity index (χ2n) is 7.95. The van der Waals surface area contributed by atoms with Gasteiger partial charge in [0, 0.05) is 10.6 Å². The van der Waals surface area contributed by atoms with Crippen LogP contribution in [0.1, 0.15) is 23.4 Å². The number of fused-ring (bicyclic) bond motifs is 1. The zero-order valence-electron chi connectivity index (χ0n) is 18.0. The van der Waals surface area contributed by atoms with E-state index >= 15 is 0 Å². The Morgan fingerprint density at radius 3 is 2.71 bits per heavy atom. The number of nitrogens with two attached hydrogens (primary N) is 1. The molecule has 1 amide bonds. The summed E-state index contributed by atoms with van der Waals surface area (Å²) in [7, 11) is 0. The number of nitrogens with zero attached hydrogens (tertiary/aromatic N) is 5. The van der Waals surface area contributed by atoms with Gasteiger partial charge in [0.2, 0.25) is 6.41 Å². The Morgan fingerprint density at radius 2 is 2.03 bits per heavy atom. The lowest BCUT2D eigenvalue weighted by Gasteiger charge is -2.18. The van der Waals surface area contributed by atoms with Gasteiger partial charge in [0.05, 0.1) is 25.2 Å². The third-order valence-electron chi connectivity index (χ3n) is 5.88. The van der Waals surface area contributed by atoms with Crippen LogP contribution in [0.5, 0.6) is 0 Å². The molecule has 1 aromatic carbocycles. The molecule has 182 valence electrons. The van der Waals surface area contributed by atoms with Crippen LogP contribution in [0.25, 0.3) is 22.7 Å². The fourth-order valence-corrected chi connectivity index (χ4v) is 4.25. The molecule has 3 aromatic heterocycles. The van der Waals surface area contributed by atoms with Crippen LogP contribution >= 0.6 is 11.6 Å². The number of aliphatic hydroxyl groups is 3. The number of benzene rings is 1. The Morgan fingerprint density at radius 1 is 1.26 bits per heavy atom. The lowest BCUT2D eigenvalue weighted by molar-refractivity contribution is -0.110. The van der Waals surface area contributed by atoms with Crippen molar-refractivity contribution in [3.63, 3.8) is 0 Å². The molecule has 1 saturated heterocycles. The SMILES string of the molecule is Nc1nc(-c2[nH]ncc2C(NC=O)c2ccc(Cl)cc2)nc2c1ncn2[C@@H]1O[C@H](CO)[C@@H](O)[C@H]1O. The van der Waals surface area contributed by atoms with E-state index in [4.69, 9.17) is 22.1 Å². The highest BCUT2D eigenvalue weighted by molar-refractivity contribution is 6.30. The normalized spacial score (nSPS) is 23.0. The van der Waals surface area contributed by atoms with Crippen molar-refractivity contribution in [3.05, 3.63) is 52.9 Å². The highest BCUT2D eigenvalue weighted by Gasteiger charge is 2.44. The number of ether oxygens (including phenoxy) is 1. The largest absolute Gasteiger partial charge is 0.394 e. The van der Waals surface area contributed by atoms with Crippen molar-refractivity contribution >= 4 is 35.0 Å². The van der Waals surface area contributed by atoms with Crippen LogP contribution in [0, 0.1) is 0 Å². The fraction of sp³-hybridized carbons (Fsp3) is 0.286. The molecule has 0 radical (unpaired) electrons. The van der Waals surface area contributed by atoms with Gasteiger partial charge in [-0.2, -0.15) is 5.10 Å². The number of aromatic amines is 1. The number of aliphatic hydroxyl groups excluding tert-OH is 3. The van der Waals surface area contributed by atoms with Gasteiger partial charge >= 0.3 is 0 Å². The molecule has 0 spiro atoms. The number of imidazole rings is 1. The molecular weight excluding hydrogens is 480 g/mol. The highest BCUT2D eigenvalue weighted by Crippen LogP contribution is 2.34. The summed E-state index contributed by atoms with van der Waals surface area (Å²) in [6, 6.07) is 6.36. The van der Waals surface area contributed by atoms with Gasteiger partial charge in [-0.15, -0.1) is 0 Å². The Labute approximate surface area is 202 Å². The Kier molecular flexibility index (Phi) is 6.08. The van der Waals surface area contributed by atoms with Crippen LogP contribution in [0.15, 0.2) is 36.8 Å². The van der Waals surface area contributed by atoms with Gasteiger partial charge in [0.15, 0.2) is 23.5 Å². The summed E-state index contributed by atoms with van der Waals surface area (Å²) >= 11 is 6.01. The minimum absolute atomic E-state index is 0.0578. The first kappa shape index (κ1) is 23.1. The fourth-order valence-electron chi connectivity index (χ4n) is 4.13. The summed E-state index contributed by atoms with van der Waals surface area (Å²) in [5.74, 6) is 0.213. The summed E-state index contributed by atoms with van der Waals surface area (Å²) in [6.07, 6.45) is -1.19. The number of carbonyl (C=O) groups excluding carboxylic acids is 1. The number of carbonyl (C=O) groups is 1. The van der Waals surface area contributed by atoms with Crippen molar-refractivity contribution in [1.82, 2.24) is 35.0 Å². The van der Waals surface area contributed by atoms with E-state index in [9.17, 15) is 20.1 Å². The van der Waals surface area contributed by atoms with Crippen LogP contribution in [-0.2, 0) is 9.53 Å². The number of hydrogen-bond acceptors (Lipinski definition) is 10. The number of anilines is 1. The minimum atomic E-state index is -1.34. The Balaban J connectivity index is 1.59. The van der Waals surface area contributed by atoms with Crippen molar-refractivity contribution in [3.8, 4) is 11.5 Å². The van der Waals surface area contributed by atoms with Gasteiger partial charge < -0.3 is 31.1 Å². The molecule has 0 bridgehead atoms. The first-order valence-corrected chi connectivity index (χ1v) is 10.9. The molecule has 7 N–H and O–H groups in total. The number of amides is 1. The van der Waals surface area contributed by atoms with Gasteiger partial charge in [-0.25, -0.2) is 15.0 Å². The van der Waals surface area contributed by atoms with E-state index < -0.39 is 37.2 Å². The zero-order valence-corrected chi connectivity index (χ0v) is 18.7. The monoisotopic (exact) mass is 500 g/mol. The van der Waals surface area contributed by atoms with E-state index in [0.29, 0.717) is 22.7 Å². The van der Waals surface area contributed by atoms with E-state index in [1.165, 1.54) is 17.1 Å². The molecule has 5 rings (SSSR count). The Bertz CT molecular complexity index is 1360. The van der Waals surface area contributed by atoms with E-state index in [0.717, 1.165) is 5.56 Å². The van der Waals surface area contributed by atoms with Crippen LogP contribution in [0.3, 0.4) is 0 Å². The molecule has 1 aliphatic heterocycles. The number of hydrogen-bond donors (Lipinski definition) is 6. The topological polar surface area (TPSA) is 197 Å². The second-order valence-corrected chi connectivity index (χ2v) is 8.39. The predicted octanol–water partition coefficient (Wildman–Crippen LogP) is -0.101. The van der Waals surface area contributed by atoms with Gasteiger partial charge in [-0.05, 0) is 17.7 Å². The minimum Gasteiger partial charge on any atom is -0.394 e. The Hall–Kier alpha value is -3.62. The highest BCUT2D eigenvalue weighted by atomic mass is 35.5. The average Bonchev–Trinajstić information content (AvgIpc) is 3.57. The summed E-state index contributed by atoms with van der Waals surface area (Å²) in [6.45, 7) is -0.475. The quantitative estimate of drug-likeness (QED) is 0.186. The third-order valence-corrected chi connectivity index (χ3v) is 6.13. The molecule has 14 heteroatoms. The van der Waals surface area contributed by atoms with Crippen LogP contribution < -0.4 is 11.1 Å². The second kappa shape index (κ2) is 9.20. The van der Waals surface area contributed by atoms with Gasteiger partial charge in [0.25, 0.3) is 0 Å². The van der Waals surface area contributed by atoms with Crippen molar-refractivity contribution < 1.29 is 24.9 Å². The molecule has 5 atom stereocenters. The molecular formula is C21H21ClN8O5. The third kappa shape index (κ3) is 3.98. The van der Waals surface area contributed by atoms with Gasteiger partial charge in [-0.1, -0.05) is 23.7 Å². The predicted molar refractivity (Wildman–Crippen MR) is 123 cm³/mol. The summed E-state index contributed by atoms with van der Waals surface area (Å²) < 4.78 is 7.02. The molecule has 13 nitrogen and oxygen atoms in total. The zero-order chi connectivity index (χ0) is 24.7. The van der Waals surface area contributed by atoms with E-state index in [1.54, 1.807) is 24.3 Å². The first-order valence-electron chi connectivity index (χ1n) is 10.5. The molecule has 0 saturated carbocycles. The number of H-pyrrole nitrogens is 1. The van der Waals surface area contributed by atoms with Gasteiger partial charge in [0.1, 0.15) is 29.5 Å². The lowest BCUT2D eigenvalue weighted by atomic mass is 9.99. The lowest BCUT2D eigenvalue weighted by Crippen LogP contribution is -2.33. The van der Waals surface area contributed by atoms with Crippen molar-refractivity contribution in [2.24, 2.45) is 0 Å². The summed E-state index contributed by atoms with van der Waals surface area (Å²) in [5.41, 5.74) is 8.35. The van der Waals surface area contributed by atoms with Crippen molar-refractivity contribution in [2.45, 2.75) is 30.6 Å². The summed E-state index contributed by atoms with van der Waals surface area (Å²) in [4.78, 5) is 24.5. The molecule has 4 aromatic rings. The number of rotatable bonds is 7. The maximum absolute atomic E-state index is 11.4. The molecule has 1 unspecified atom stereocenters. The summed E-state index contributed by atoms with van der Waals surface area (Å²) in [5, 5.41) is 40.3. The van der Waals surface area contributed by atoms with Crippen LogP contribution in [0.2, 0.25) is 5.02 Å². The van der Waals surface area contributed by atoms with Crippen LogP contribution in [0.4, 0.5) is 5.82 Å². The molecule has 1 aliphatic rings. The molecule has 0 aliphatic carbocycles. The number of nitrogen functional groups attached to an aromatic ring is 1. The smallest absolute Gasteiger partial charge is 0.207 e. The van der Waals surface area contributed by atoms with Crippen molar-refractivity contribution in [1.29, 1.82) is 0 Å². The number of nitrogens with one attached hydrogen (secondary N) is 2. The standard InChI is InChI=1S/C21H21ClN8O5/c22-10-3-1-9(2-4-10)13(25-8-32)11-5-26-29-14(11)19-27-18(23)15-20(28-19)30(7-24-15)21-17(34)16(33)12(6-31)35-21/h1-5,7-8,12-13,16-17,21,31,33-34H,6H2,(H,25,32)(H,26,29)(H2,23,27,28)/t12-,13?,16-,17-,21-/m1/s1. The maximum Gasteiger partial charge on any atom is 0.207 e. The number of aromatic nitrogens is 6. The molecule has 35 heavy (non-hydrogen) atoms. The van der Waals surface area contributed by atoms with E-state index in [1.807, 2.05) is 0 Å². The van der Waals surface area contributed by atoms with Gasteiger partial charge in [-0.3, -0.25) is 14.5 Å². The first-order chi connectivity index (χ1) is 16.9.